The van der Waals surface area contributed by atoms with E-state index in [0.717, 1.165) is 11.8 Å². The van der Waals surface area contributed by atoms with Gasteiger partial charge in [-0.1, -0.05) is 11.8 Å². The summed E-state index contributed by atoms with van der Waals surface area (Å²) >= 11 is 1.16. The zero-order valence-electron chi connectivity index (χ0n) is 18.1. The van der Waals surface area contributed by atoms with Crippen molar-refractivity contribution in [2.45, 2.75) is 24.0 Å². The van der Waals surface area contributed by atoms with E-state index in [1.165, 1.54) is 12.1 Å². The maximum Gasteiger partial charge on any atom is 0.321 e. The monoisotopic (exact) mass is 484 g/mol. The fourth-order valence-corrected chi connectivity index (χ4v) is 4.17. The van der Waals surface area contributed by atoms with Crippen LogP contribution >= 0.6 is 11.8 Å². The molecule has 3 aromatic rings. The molecule has 2 aromatic carbocycles. The maximum atomic E-state index is 13.5. The molecule has 0 aliphatic carbocycles. The van der Waals surface area contributed by atoms with E-state index in [1.807, 2.05) is 0 Å². The highest BCUT2D eigenvalue weighted by Gasteiger charge is 2.27. The molecule has 1 aliphatic rings. The van der Waals surface area contributed by atoms with Crippen molar-refractivity contribution in [1.82, 2.24) is 25.4 Å². The lowest BCUT2D eigenvalue weighted by molar-refractivity contribution is -0.121. The predicted molar refractivity (Wildman–Crippen MR) is 122 cm³/mol. The molecule has 4 amide bonds. The first-order valence-corrected chi connectivity index (χ1v) is 11.3. The van der Waals surface area contributed by atoms with E-state index in [4.69, 9.17) is 4.74 Å². The Morgan fingerprint density at radius 2 is 1.91 bits per heavy atom. The van der Waals surface area contributed by atoms with Crippen molar-refractivity contribution in [2.75, 3.05) is 18.2 Å². The molecule has 2 heterocycles. The van der Waals surface area contributed by atoms with Gasteiger partial charge in [0.05, 0.1) is 12.9 Å². The minimum absolute atomic E-state index is 0.0495. The summed E-state index contributed by atoms with van der Waals surface area (Å²) in [6, 6.07) is 11.6. The molecule has 4 rings (SSSR count). The molecular formula is C22H21FN6O4S. The van der Waals surface area contributed by atoms with Gasteiger partial charge in [-0.05, 0) is 48.5 Å². The SMILES string of the molecule is COc1ccc(NC(=O)CSc2nnc(CC3CC(=O)NC(=O)N3)n2-c2ccc(F)cc2)cc1. The summed E-state index contributed by atoms with van der Waals surface area (Å²) in [5, 5.41) is 16.5. The third kappa shape index (κ3) is 5.70. The van der Waals surface area contributed by atoms with E-state index in [2.05, 4.69) is 26.1 Å². The number of methoxy groups -OCH3 is 1. The minimum Gasteiger partial charge on any atom is -0.497 e. The van der Waals surface area contributed by atoms with Gasteiger partial charge in [0.2, 0.25) is 11.8 Å². The van der Waals surface area contributed by atoms with Crippen molar-refractivity contribution < 1.29 is 23.5 Å². The average Bonchev–Trinajstić information content (AvgIpc) is 3.20. The number of urea groups is 1. The zero-order valence-corrected chi connectivity index (χ0v) is 18.9. The molecule has 0 spiro atoms. The van der Waals surface area contributed by atoms with Crippen LogP contribution in [0.4, 0.5) is 14.9 Å². The largest absolute Gasteiger partial charge is 0.497 e. The van der Waals surface area contributed by atoms with E-state index in [1.54, 1.807) is 48.1 Å². The highest BCUT2D eigenvalue weighted by molar-refractivity contribution is 7.99. The number of benzene rings is 2. The van der Waals surface area contributed by atoms with Crippen LogP contribution in [0, 0.1) is 5.82 Å². The molecule has 34 heavy (non-hydrogen) atoms. The lowest BCUT2D eigenvalue weighted by Crippen LogP contribution is -2.53. The molecule has 1 saturated heterocycles. The first kappa shape index (κ1) is 23.2. The standard InChI is InChI=1S/C22H21FN6O4S/c1-33-17-8-4-14(5-9-17)24-20(31)12-34-22-28-27-18(10-15-11-19(30)26-21(32)25-15)29(22)16-6-2-13(23)3-7-16/h2-9,15H,10-12H2,1H3,(H,24,31)(H2,25,26,30,32). The van der Waals surface area contributed by atoms with Gasteiger partial charge in [-0.15, -0.1) is 10.2 Å². The van der Waals surface area contributed by atoms with Crippen LogP contribution in [0.1, 0.15) is 12.2 Å². The van der Waals surface area contributed by atoms with E-state index in [9.17, 15) is 18.8 Å². The van der Waals surface area contributed by atoms with Crippen LogP contribution in [-0.2, 0) is 16.0 Å². The third-order valence-electron chi connectivity index (χ3n) is 4.94. The number of hydrogen-bond acceptors (Lipinski definition) is 7. The van der Waals surface area contributed by atoms with Gasteiger partial charge in [0.25, 0.3) is 0 Å². The Morgan fingerprint density at radius 3 is 2.59 bits per heavy atom. The number of ether oxygens (including phenoxy) is 1. The number of halogens is 1. The van der Waals surface area contributed by atoms with Gasteiger partial charge >= 0.3 is 6.03 Å². The Morgan fingerprint density at radius 1 is 1.18 bits per heavy atom. The highest BCUT2D eigenvalue weighted by atomic mass is 32.2. The van der Waals surface area contributed by atoms with Gasteiger partial charge in [-0.25, -0.2) is 9.18 Å². The molecule has 1 aromatic heterocycles. The molecule has 1 unspecified atom stereocenters. The molecule has 0 radical (unpaired) electrons. The van der Waals surface area contributed by atoms with Crippen molar-refractivity contribution in [3.05, 3.63) is 60.2 Å². The van der Waals surface area contributed by atoms with Crippen LogP contribution in [0.2, 0.25) is 0 Å². The molecule has 1 fully saturated rings. The lowest BCUT2D eigenvalue weighted by atomic mass is 10.1. The average molecular weight is 485 g/mol. The number of carbonyl (C=O) groups is 3. The number of nitrogens with zero attached hydrogens (tertiary/aromatic N) is 3. The fraction of sp³-hybridized carbons (Fsp3) is 0.227. The topological polar surface area (TPSA) is 127 Å². The third-order valence-corrected chi connectivity index (χ3v) is 5.87. The number of thioether (sulfide) groups is 1. The second kappa shape index (κ2) is 10.3. The number of carbonyl (C=O) groups excluding carboxylic acids is 3. The molecule has 176 valence electrons. The number of imide groups is 1. The van der Waals surface area contributed by atoms with E-state index < -0.39 is 17.9 Å². The number of nitrogens with one attached hydrogen (secondary N) is 3. The summed E-state index contributed by atoms with van der Waals surface area (Å²) in [7, 11) is 1.56. The van der Waals surface area contributed by atoms with Crippen LogP contribution < -0.4 is 20.7 Å². The maximum absolute atomic E-state index is 13.5. The van der Waals surface area contributed by atoms with Crippen molar-refractivity contribution in [2.24, 2.45) is 0 Å². The molecule has 1 aliphatic heterocycles. The summed E-state index contributed by atoms with van der Waals surface area (Å²) in [5.74, 6) is 0.160. The Kier molecular flexibility index (Phi) is 7.07. The van der Waals surface area contributed by atoms with Gasteiger partial charge in [0, 0.05) is 30.3 Å². The first-order valence-electron chi connectivity index (χ1n) is 10.3. The number of hydrogen-bond donors (Lipinski definition) is 3. The van der Waals surface area contributed by atoms with Crippen LogP contribution in [0.5, 0.6) is 5.75 Å². The summed E-state index contributed by atoms with van der Waals surface area (Å²) < 4.78 is 20.3. The van der Waals surface area contributed by atoms with Crippen LogP contribution in [0.3, 0.4) is 0 Å². The smallest absolute Gasteiger partial charge is 0.321 e. The zero-order chi connectivity index (χ0) is 24.1. The van der Waals surface area contributed by atoms with Gasteiger partial charge in [-0.2, -0.15) is 0 Å². The van der Waals surface area contributed by atoms with Gasteiger partial charge in [0.1, 0.15) is 17.4 Å². The Hall–Kier alpha value is -3.93. The summed E-state index contributed by atoms with van der Waals surface area (Å²) in [6.07, 6.45) is 0.316. The fourth-order valence-electron chi connectivity index (χ4n) is 3.39. The molecular weight excluding hydrogens is 463 g/mol. The minimum atomic E-state index is -0.570. The van der Waals surface area contributed by atoms with E-state index in [-0.39, 0.29) is 30.4 Å². The number of anilines is 1. The van der Waals surface area contributed by atoms with Crippen molar-refractivity contribution in [3.8, 4) is 11.4 Å². The lowest BCUT2D eigenvalue weighted by Gasteiger charge is -2.23. The normalized spacial score (nSPS) is 15.4. The molecule has 10 nitrogen and oxygen atoms in total. The van der Waals surface area contributed by atoms with Crippen molar-refractivity contribution >= 4 is 35.3 Å². The number of aromatic nitrogens is 3. The molecule has 0 bridgehead atoms. The molecule has 0 saturated carbocycles. The first-order chi connectivity index (χ1) is 16.4. The van der Waals surface area contributed by atoms with Gasteiger partial charge < -0.3 is 15.4 Å². The van der Waals surface area contributed by atoms with Gasteiger partial charge in [0.15, 0.2) is 5.16 Å². The Labute approximate surface area is 198 Å². The highest BCUT2D eigenvalue weighted by Crippen LogP contribution is 2.24. The molecule has 3 N–H and O–H groups in total. The Balaban J connectivity index is 1.50. The summed E-state index contributed by atoms with van der Waals surface area (Å²) in [4.78, 5) is 35.8. The second-order valence-corrected chi connectivity index (χ2v) is 8.35. The number of rotatable bonds is 8. The summed E-state index contributed by atoms with van der Waals surface area (Å²) in [6.45, 7) is 0. The molecule has 12 heteroatoms. The van der Waals surface area contributed by atoms with Gasteiger partial charge in [-0.3, -0.25) is 19.5 Å². The number of amides is 4. The van der Waals surface area contributed by atoms with Crippen LogP contribution in [0.15, 0.2) is 53.7 Å². The van der Waals surface area contributed by atoms with Crippen molar-refractivity contribution in [1.29, 1.82) is 0 Å². The second-order valence-electron chi connectivity index (χ2n) is 7.40. The van der Waals surface area contributed by atoms with Crippen LogP contribution in [0.25, 0.3) is 5.69 Å². The Bertz CT molecular complexity index is 1180. The quantitative estimate of drug-likeness (QED) is 0.419. The summed E-state index contributed by atoms with van der Waals surface area (Å²) in [5.41, 5.74) is 1.21. The predicted octanol–water partition coefficient (Wildman–Crippen LogP) is 2.29. The molecule has 1 atom stereocenters. The van der Waals surface area contributed by atoms with E-state index >= 15 is 0 Å². The van der Waals surface area contributed by atoms with Crippen LogP contribution in [-0.4, -0.2) is 51.5 Å². The van der Waals surface area contributed by atoms with Crippen molar-refractivity contribution in [3.63, 3.8) is 0 Å². The van der Waals surface area contributed by atoms with E-state index in [0.29, 0.717) is 28.1 Å².